The fourth-order valence-electron chi connectivity index (χ4n) is 1.47. The molecule has 2 aromatic rings. The molecule has 0 bridgehead atoms. The van der Waals surface area contributed by atoms with Crippen LogP contribution < -0.4 is 5.32 Å². The van der Waals surface area contributed by atoms with Gasteiger partial charge in [0.1, 0.15) is 6.07 Å². The Balaban J connectivity index is 2.29. The minimum atomic E-state index is -0.214. The second-order valence-electron chi connectivity index (χ2n) is 3.82. The van der Waals surface area contributed by atoms with Crippen LogP contribution in [0, 0.1) is 18.3 Å². The maximum atomic E-state index is 12.1. The largest absolute Gasteiger partial charge is 0.320 e. The Labute approximate surface area is 131 Å². The summed E-state index contributed by atoms with van der Waals surface area (Å²) in [6.45, 7) is 1.93. The highest BCUT2D eigenvalue weighted by atomic mass is 79.9. The number of rotatable bonds is 2. The molecule has 0 aliphatic carbocycles. The highest BCUT2D eigenvalue weighted by molar-refractivity contribution is 9.11. The molecule has 19 heavy (non-hydrogen) atoms. The summed E-state index contributed by atoms with van der Waals surface area (Å²) in [7, 11) is 0. The predicted octanol–water partition coefficient (Wildman–Crippen LogP) is 4.71. The number of anilines is 1. The molecule has 0 saturated heterocycles. The summed E-state index contributed by atoms with van der Waals surface area (Å²) in [6.07, 6.45) is 0. The van der Waals surface area contributed by atoms with E-state index in [1.54, 1.807) is 18.2 Å². The molecule has 0 saturated carbocycles. The van der Waals surface area contributed by atoms with Crippen LogP contribution in [0.5, 0.6) is 0 Å². The number of nitriles is 1. The number of thiophene rings is 1. The lowest BCUT2D eigenvalue weighted by molar-refractivity contribution is 0.103. The van der Waals surface area contributed by atoms with Crippen LogP contribution in [0.4, 0.5) is 5.69 Å². The van der Waals surface area contributed by atoms with Gasteiger partial charge in [-0.3, -0.25) is 4.79 Å². The zero-order valence-electron chi connectivity index (χ0n) is 9.83. The van der Waals surface area contributed by atoms with Crippen LogP contribution in [0.2, 0.25) is 0 Å². The molecule has 0 atom stereocenters. The standard InChI is InChI=1S/C13H8Br2N2OS/c1-7-4-11(19-12(7)15)13(18)17-10-5-9(14)3-2-8(10)6-16/h2-5H,1H3,(H,17,18). The van der Waals surface area contributed by atoms with E-state index in [2.05, 4.69) is 43.2 Å². The van der Waals surface area contributed by atoms with E-state index in [0.29, 0.717) is 16.1 Å². The SMILES string of the molecule is Cc1cc(C(=O)Nc2cc(Br)ccc2C#N)sc1Br. The second kappa shape index (κ2) is 5.87. The number of benzene rings is 1. The summed E-state index contributed by atoms with van der Waals surface area (Å²) in [6, 6.07) is 9.01. The highest BCUT2D eigenvalue weighted by Gasteiger charge is 2.13. The van der Waals surface area contributed by atoms with Crippen LogP contribution in [-0.2, 0) is 0 Å². The van der Waals surface area contributed by atoms with Crippen LogP contribution in [0.25, 0.3) is 0 Å². The number of carbonyl (C=O) groups excluding carboxylic acids is 1. The maximum Gasteiger partial charge on any atom is 0.265 e. The third-order valence-electron chi connectivity index (χ3n) is 2.43. The minimum Gasteiger partial charge on any atom is -0.320 e. The summed E-state index contributed by atoms with van der Waals surface area (Å²) in [5.41, 5.74) is 1.96. The summed E-state index contributed by atoms with van der Waals surface area (Å²) < 4.78 is 1.75. The van der Waals surface area contributed by atoms with Gasteiger partial charge in [0.2, 0.25) is 0 Å². The number of nitrogens with zero attached hydrogens (tertiary/aromatic N) is 1. The van der Waals surface area contributed by atoms with Crippen molar-refractivity contribution < 1.29 is 4.79 Å². The lowest BCUT2D eigenvalue weighted by Gasteiger charge is -2.06. The first-order valence-corrected chi connectivity index (χ1v) is 7.68. The molecule has 0 aliphatic rings. The normalized spacial score (nSPS) is 10.0. The van der Waals surface area contributed by atoms with Crippen LogP contribution >= 0.6 is 43.2 Å². The molecule has 1 aromatic heterocycles. The molecule has 1 heterocycles. The fourth-order valence-corrected chi connectivity index (χ4v) is 3.26. The Morgan fingerprint density at radius 2 is 2.11 bits per heavy atom. The molecule has 0 fully saturated rings. The van der Waals surface area contributed by atoms with Gasteiger partial charge in [-0.15, -0.1) is 11.3 Å². The van der Waals surface area contributed by atoms with Crippen molar-refractivity contribution in [3.8, 4) is 6.07 Å². The summed E-state index contributed by atoms with van der Waals surface area (Å²) in [4.78, 5) is 12.7. The van der Waals surface area contributed by atoms with E-state index in [9.17, 15) is 4.79 Å². The lowest BCUT2D eigenvalue weighted by Crippen LogP contribution is -2.11. The van der Waals surface area contributed by atoms with Crippen molar-refractivity contribution in [3.05, 3.63) is 48.5 Å². The zero-order valence-corrected chi connectivity index (χ0v) is 13.8. The molecule has 0 unspecified atom stereocenters. The van der Waals surface area contributed by atoms with Crippen molar-refractivity contribution >= 4 is 54.8 Å². The average Bonchev–Trinajstić information content (AvgIpc) is 2.70. The van der Waals surface area contributed by atoms with Gasteiger partial charge >= 0.3 is 0 Å². The number of hydrogen-bond acceptors (Lipinski definition) is 3. The topological polar surface area (TPSA) is 52.9 Å². The number of nitrogens with one attached hydrogen (secondary N) is 1. The van der Waals surface area contributed by atoms with E-state index in [4.69, 9.17) is 5.26 Å². The molecule has 96 valence electrons. The maximum absolute atomic E-state index is 12.1. The quantitative estimate of drug-likeness (QED) is 0.795. The number of amides is 1. The van der Waals surface area contributed by atoms with Gasteiger partial charge < -0.3 is 5.32 Å². The Kier molecular flexibility index (Phi) is 4.40. The van der Waals surface area contributed by atoms with E-state index in [1.807, 2.05) is 13.0 Å². The number of halogens is 2. The van der Waals surface area contributed by atoms with Gasteiger partial charge in [0.15, 0.2) is 0 Å². The van der Waals surface area contributed by atoms with Gasteiger partial charge in [0, 0.05) is 4.47 Å². The van der Waals surface area contributed by atoms with E-state index in [-0.39, 0.29) is 5.91 Å². The Morgan fingerprint density at radius 3 is 2.68 bits per heavy atom. The van der Waals surface area contributed by atoms with Crippen LogP contribution in [0.15, 0.2) is 32.5 Å². The number of aryl methyl sites for hydroxylation is 1. The minimum absolute atomic E-state index is 0.214. The average molecular weight is 400 g/mol. The van der Waals surface area contributed by atoms with E-state index < -0.39 is 0 Å². The van der Waals surface area contributed by atoms with Gasteiger partial charge in [-0.25, -0.2) is 0 Å². The Morgan fingerprint density at radius 1 is 1.37 bits per heavy atom. The Hall–Kier alpha value is -1.16. The predicted molar refractivity (Wildman–Crippen MR) is 83.6 cm³/mol. The molecule has 2 rings (SSSR count). The Bertz CT molecular complexity index is 669. The highest BCUT2D eigenvalue weighted by Crippen LogP contribution is 2.28. The van der Waals surface area contributed by atoms with Crippen LogP contribution in [-0.4, -0.2) is 5.91 Å². The van der Waals surface area contributed by atoms with Gasteiger partial charge in [-0.2, -0.15) is 5.26 Å². The zero-order chi connectivity index (χ0) is 14.0. The van der Waals surface area contributed by atoms with Crippen molar-refractivity contribution in [1.29, 1.82) is 5.26 Å². The van der Waals surface area contributed by atoms with Crippen molar-refractivity contribution in [1.82, 2.24) is 0 Å². The molecule has 0 aliphatic heterocycles. The molecule has 1 aromatic carbocycles. The molecule has 1 amide bonds. The summed E-state index contributed by atoms with van der Waals surface area (Å²) >= 11 is 8.08. The second-order valence-corrected chi connectivity index (χ2v) is 7.11. The van der Waals surface area contributed by atoms with Gasteiger partial charge in [-0.1, -0.05) is 15.9 Å². The van der Waals surface area contributed by atoms with Crippen LogP contribution in [0.3, 0.4) is 0 Å². The third-order valence-corrected chi connectivity index (χ3v) is 5.06. The van der Waals surface area contributed by atoms with Gasteiger partial charge in [0.05, 0.1) is 19.9 Å². The monoisotopic (exact) mass is 398 g/mol. The number of hydrogen-bond donors (Lipinski definition) is 1. The van der Waals surface area contributed by atoms with Crippen molar-refractivity contribution in [2.24, 2.45) is 0 Å². The molecule has 6 heteroatoms. The first-order valence-electron chi connectivity index (χ1n) is 5.28. The molecule has 0 spiro atoms. The van der Waals surface area contributed by atoms with E-state index in [1.165, 1.54) is 11.3 Å². The first kappa shape index (κ1) is 14.3. The van der Waals surface area contributed by atoms with Crippen molar-refractivity contribution in [2.45, 2.75) is 6.92 Å². The molecule has 0 radical (unpaired) electrons. The molecular formula is C13H8Br2N2OS. The molecule has 3 nitrogen and oxygen atoms in total. The van der Waals surface area contributed by atoms with Crippen molar-refractivity contribution in [3.63, 3.8) is 0 Å². The third kappa shape index (κ3) is 3.24. The lowest BCUT2D eigenvalue weighted by atomic mass is 10.2. The molecular weight excluding hydrogens is 392 g/mol. The first-order chi connectivity index (χ1) is 9.01. The smallest absolute Gasteiger partial charge is 0.265 e. The fraction of sp³-hybridized carbons (Fsp3) is 0.0769. The summed E-state index contributed by atoms with van der Waals surface area (Å²) in [5, 5.41) is 11.8. The van der Waals surface area contributed by atoms with E-state index >= 15 is 0 Å². The van der Waals surface area contributed by atoms with Gasteiger partial charge in [0.25, 0.3) is 5.91 Å². The van der Waals surface area contributed by atoms with Gasteiger partial charge in [-0.05, 0) is 52.7 Å². The van der Waals surface area contributed by atoms with E-state index in [0.717, 1.165) is 13.8 Å². The van der Waals surface area contributed by atoms with Crippen molar-refractivity contribution in [2.75, 3.05) is 5.32 Å². The van der Waals surface area contributed by atoms with Crippen LogP contribution in [0.1, 0.15) is 20.8 Å². The number of carbonyl (C=O) groups is 1. The summed E-state index contributed by atoms with van der Waals surface area (Å²) in [5.74, 6) is -0.214. The molecule has 1 N–H and O–H groups in total.